The molecule has 8 nitrogen and oxygen atoms in total. The number of benzene rings is 1. The molecule has 1 aromatic carbocycles. The van der Waals surface area contributed by atoms with Crippen LogP contribution < -0.4 is 4.74 Å². The SMILES string of the molecule is COC(=O)c1ccc(OC)c(S(=O)(=O)N2CCC(C)(C(=O)O)C2)c1. The highest BCUT2D eigenvalue weighted by Crippen LogP contribution is 2.36. The van der Waals surface area contributed by atoms with E-state index < -0.39 is 27.4 Å². The number of carbonyl (C=O) groups excluding carboxylic acids is 1. The largest absolute Gasteiger partial charge is 0.495 e. The number of hydrogen-bond acceptors (Lipinski definition) is 6. The molecule has 0 radical (unpaired) electrons. The van der Waals surface area contributed by atoms with E-state index in [1.54, 1.807) is 0 Å². The van der Waals surface area contributed by atoms with Gasteiger partial charge in [0.1, 0.15) is 10.6 Å². The summed E-state index contributed by atoms with van der Waals surface area (Å²) in [6, 6.07) is 3.94. The Morgan fingerprint density at radius 2 is 1.96 bits per heavy atom. The molecular weight excluding hydrogens is 338 g/mol. The highest BCUT2D eigenvalue weighted by atomic mass is 32.2. The number of aliphatic carboxylic acids is 1. The molecule has 2 rings (SSSR count). The van der Waals surface area contributed by atoms with Crippen LogP contribution >= 0.6 is 0 Å². The lowest BCUT2D eigenvalue weighted by Gasteiger charge is -2.21. The van der Waals surface area contributed by atoms with Crippen LogP contribution in [0, 0.1) is 5.41 Å². The average Bonchev–Trinajstić information content (AvgIpc) is 2.98. The summed E-state index contributed by atoms with van der Waals surface area (Å²) in [6.45, 7) is 1.44. The molecule has 0 aliphatic carbocycles. The van der Waals surface area contributed by atoms with Crippen LogP contribution in [0.5, 0.6) is 5.75 Å². The number of carbonyl (C=O) groups is 2. The van der Waals surface area contributed by atoms with Crippen LogP contribution in [0.2, 0.25) is 0 Å². The van der Waals surface area contributed by atoms with E-state index in [4.69, 9.17) is 4.74 Å². The number of hydrogen-bond donors (Lipinski definition) is 1. The van der Waals surface area contributed by atoms with Crippen LogP contribution in [0.15, 0.2) is 23.1 Å². The van der Waals surface area contributed by atoms with E-state index in [1.807, 2.05) is 0 Å². The average molecular weight is 357 g/mol. The Kier molecular flexibility index (Phi) is 4.86. The van der Waals surface area contributed by atoms with Crippen LogP contribution in [-0.2, 0) is 19.6 Å². The fourth-order valence-corrected chi connectivity index (χ4v) is 4.31. The lowest BCUT2D eigenvalue weighted by Crippen LogP contribution is -2.35. The molecule has 1 atom stereocenters. The van der Waals surface area contributed by atoms with Gasteiger partial charge in [0.2, 0.25) is 10.0 Å². The first kappa shape index (κ1) is 18.2. The predicted molar refractivity (Wildman–Crippen MR) is 83.5 cm³/mol. The predicted octanol–water partition coefficient (Wildman–Crippen LogP) is 0.967. The third-order valence-corrected chi connectivity index (χ3v) is 6.02. The molecule has 0 bridgehead atoms. The Labute approximate surface area is 140 Å². The number of esters is 1. The van der Waals surface area contributed by atoms with Crippen molar-refractivity contribution >= 4 is 22.0 Å². The zero-order valence-corrected chi connectivity index (χ0v) is 14.4. The van der Waals surface area contributed by atoms with E-state index in [2.05, 4.69) is 4.74 Å². The standard InChI is InChI=1S/C15H19NO7S/c1-15(14(18)19)6-7-16(9-15)24(20,21)12-8-10(13(17)23-3)4-5-11(12)22-2/h4-5,8H,6-7,9H2,1-3H3,(H,18,19). The van der Waals surface area contributed by atoms with Crippen molar-refractivity contribution in [3.8, 4) is 5.75 Å². The van der Waals surface area contributed by atoms with Gasteiger partial charge in [0.05, 0.1) is 25.2 Å². The Balaban J connectivity index is 2.46. The molecule has 1 unspecified atom stereocenters. The molecule has 1 N–H and O–H groups in total. The molecule has 1 aliphatic rings. The number of ether oxygens (including phenoxy) is 2. The molecule has 0 saturated carbocycles. The van der Waals surface area contributed by atoms with E-state index in [0.717, 1.165) is 4.31 Å². The van der Waals surface area contributed by atoms with Crippen LogP contribution in [0.1, 0.15) is 23.7 Å². The summed E-state index contributed by atoms with van der Waals surface area (Å²) < 4.78 is 36.6. The Morgan fingerprint density at radius 1 is 1.29 bits per heavy atom. The van der Waals surface area contributed by atoms with E-state index in [1.165, 1.54) is 39.3 Å². The molecule has 132 valence electrons. The van der Waals surface area contributed by atoms with Crippen molar-refractivity contribution in [3.63, 3.8) is 0 Å². The van der Waals surface area contributed by atoms with E-state index >= 15 is 0 Å². The second-order valence-electron chi connectivity index (χ2n) is 5.81. The maximum atomic E-state index is 12.9. The molecule has 0 aromatic heterocycles. The van der Waals surface area contributed by atoms with Crippen molar-refractivity contribution in [2.45, 2.75) is 18.2 Å². The molecular formula is C15H19NO7S. The molecule has 1 aliphatic heterocycles. The molecule has 0 spiro atoms. The quantitative estimate of drug-likeness (QED) is 0.782. The van der Waals surface area contributed by atoms with Gasteiger partial charge < -0.3 is 14.6 Å². The van der Waals surface area contributed by atoms with Crippen LogP contribution in [0.4, 0.5) is 0 Å². The summed E-state index contributed by atoms with van der Waals surface area (Å²) in [5.41, 5.74) is -1.07. The number of carboxylic acids is 1. The van der Waals surface area contributed by atoms with E-state index in [0.29, 0.717) is 0 Å². The van der Waals surface area contributed by atoms with Crippen molar-refractivity contribution in [2.24, 2.45) is 5.41 Å². The first-order chi connectivity index (χ1) is 11.2. The molecule has 0 amide bonds. The number of carboxylic acid groups (broad SMARTS) is 1. The zero-order chi connectivity index (χ0) is 18.1. The fourth-order valence-electron chi connectivity index (χ4n) is 2.56. The Morgan fingerprint density at radius 3 is 2.46 bits per heavy atom. The monoisotopic (exact) mass is 357 g/mol. The van der Waals surface area contributed by atoms with Gasteiger partial charge in [-0.25, -0.2) is 13.2 Å². The van der Waals surface area contributed by atoms with Gasteiger partial charge in [-0.2, -0.15) is 4.31 Å². The highest BCUT2D eigenvalue weighted by Gasteiger charge is 2.45. The van der Waals surface area contributed by atoms with Crippen molar-refractivity contribution in [2.75, 3.05) is 27.3 Å². The molecule has 9 heteroatoms. The summed E-state index contributed by atoms with van der Waals surface area (Å²) in [5.74, 6) is -1.65. The lowest BCUT2D eigenvalue weighted by molar-refractivity contribution is -0.146. The fraction of sp³-hybridized carbons (Fsp3) is 0.467. The van der Waals surface area contributed by atoms with Crippen molar-refractivity contribution in [3.05, 3.63) is 23.8 Å². The highest BCUT2D eigenvalue weighted by molar-refractivity contribution is 7.89. The van der Waals surface area contributed by atoms with Crippen molar-refractivity contribution < 1.29 is 32.6 Å². The van der Waals surface area contributed by atoms with Gasteiger partial charge in [-0.05, 0) is 31.5 Å². The second-order valence-corrected chi connectivity index (χ2v) is 7.72. The van der Waals surface area contributed by atoms with Gasteiger partial charge in [0.25, 0.3) is 0 Å². The van der Waals surface area contributed by atoms with E-state index in [9.17, 15) is 23.1 Å². The normalized spacial score (nSPS) is 21.5. The first-order valence-corrected chi connectivity index (χ1v) is 8.59. The molecule has 1 saturated heterocycles. The van der Waals surface area contributed by atoms with Crippen LogP contribution in [-0.4, -0.2) is 57.1 Å². The number of nitrogens with zero attached hydrogens (tertiary/aromatic N) is 1. The third kappa shape index (κ3) is 3.09. The summed E-state index contributed by atoms with van der Waals surface area (Å²) in [6.07, 6.45) is 0.209. The topological polar surface area (TPSA) is 110 Å². The van der Waals surface area contributed by atoms with Crippen LogP contribution in [0.3, 0.4) is 0 Å². The summed E-state index contributed by atoms with van der Waals surface area (Å²) in [7, 11) is -1.50. The van der Waals surface area contributed by atoms with Crippen molar-refractivity contribution in [1.29, 1.82) is 0 Å². The zero-order valence-electron chi connectivity index (χ0n) is 13.6. The summed E-state index contributed by atoms with van der Waals surface area (Å²) in [5, 5.41) is 9.27. The molecule has 1 fully saturated rings. The van der Waals surface area contributed by atoms with Gasteiger partial charge in [-0.1, -0.05) is 0 Å². The smallest absolute Gasteiger partial charge is 0.337 e. The molecule has 24 heavy (non-hydrogen) atoms. The van der Waals surface area contributed by atoms with Gasteiger partial charge >= 0.3 is 11.9 Å². The summed E-state index contributed by atoms with van der Waals surface area (Å²) >= 11 is 0. The Hall–Kier alpha value is -2.13. The maximum absolute atomic E-state index is 12.9. The summed E-state index contributed by atoms with van der Waals surface area (Å²) in [4.78, 5) is 22.8. The second kappa shape index (κ2) is 6.40. The minimum absolute atomic E-state index is 0.0667. The first-order valence-electron chi connectivity index (χ1n) is 7.15. The maximum Gasteiger partial charge on any atom is 0.337 e. The van der Waals surface area contributed by atoms with Gasteiger partial charge in [0.15, 0.2) is 0 Å². The number of sulfonamides is 1. The van der Waals surface area contributed by atoms with Gasteiger partial charge in [-0.3, -0.25) is 4.79 Å². The minimum atomic E-state index is -4.01. The Bertz CT molecular complexity index is 774. The van der Waals surface area contributed by atoms with E-state index in [-0.39, 0.29) is 35.7 Å². The molecule has 1 heterocycles. The van der Waals surface area contributed by atoms with Gasteiger partial charge in [0, 0.05) is 13.1 Å². The van der Waals surface area contributed by atoms with Crippen LogP contribution in [0.25, 0.3) is 0 Å². The lowest BCUT2D eigenvalue weighted by atomic mass is 9.90. The molecule has 1 aromatic rings. The number of rotatable bonds is 5. The third-order valence-electron chi connectivity index (χ3n) is 4.16. The minimum Gasteiger partial charge on any atom is -0.495 e. The number of methoxy groups -OCH3 is 2. The van der Waals surface area contributed by atoms with Gasteiger partial charge in [-0.15, -0.1) is 0 Å². The van der Waals surface area contributed by atoms with Crippen molar-refractivity contribution in [1.82, 2.24) is 4.31 Å².